The molecule has 1 aromatic heterocycles. The van der Waals surface area contributed by atoms with Gasteiger partial charge >= 0.3 is 5.97 Å². The van der Waals surface area contributed by atoms with Gasteiger partial charge in [0.25, 0.3) is 0 Å². The minimum atomic E-state index is -1.55. The fourth-order valence-electron chi connectivity index (χ4n) is 7.42. The van der Waals surface area contributed by atoms with Crippen molar-refractivity contribution >= 4 is 18.0 Å². The van der Waals surface area contributed by atoms with E-state index in [2.05, 4.69) is 23.5 Å². The summed E-state index contributed by atoms with van der Waals surface area (Å²) in [5, 5.41) is 51.3. The van der Waals surface area contributed by atoms with E-state index in [-0.39, 0.29) is 29.8 Å². The largest absolute Gasteiger partial charge is 0.423 e. The highest BCUT2D eigenvalue weighted by atomic mass is 16.7. The fourth-order valence-corrected chi connectivity index (χ4v) is 7.42. The highest BCUT2D eigenvalue weighted by Gasteiger charge is 2.59. The summed E-state index contributed by atoms with van der Waals surface area (Å²) in [5.41, 5.74) is 6.53. The van der Waals surface area contributed by atoms with Gasteiger partial charge in [-0.05, 0) is 49.2 Å². The first-order valence-electron chi connectivity index (χ1n) is 14.6. The fraction of sp³-hybridized carbons (Fsp3) is 0.581. The summed E-state index contributed by atoms with van der Waals surface area (Å²) in [7, 11) is 0. The summed E-state index contributed by atoms with van der Waals surface area (Å²) in [4.78, 5) is 20.5. The van der Waals surface area contributed by atoms with Crippen molar-refractivity contribution in [3.05, 3.63) is 59.7 Å². The van der Waals surface area contributed by atoms with Gasteiger partial charge in [-0.25, -0.2) is 14.8 Å². The molecule has 1 saturated heterocycles. The molecule has 0 spiro atoms. The third-order valence-electron chi connectivity index (χ3n) is 9.88. The molecule has 10 atom stereocenters. The molecule has 2 aliphatic heterocycles. The van der Waals surface area contributed by atoms with Gasteiger partial charge in [0.1, 0.15) is 30.2 Å². The van der Waals surface area contributed by atoms with E-state index in [1.807, 2.05) is 13.0 Å². The SMILES string of the molecule is C=C1CCC2[C@](C)(CC[C@@H](OC3OC(CO)C(O)C(O)C3O)[C@@]2(C)CO)C1C=CC1=CC(=Cc2cnc(N)nc2)OC1=O. The van der Waals surface area contributed by atoms with E-state index in [0.717, 1.165) is 12.0 Å². The summed E-state index contributed by atoms with van der Waals surface area (Å²) in [6, 6.07) is 0. The Morgan fingerprint density at radius 1 is 1.14 bits per heavy atom. The zero-order valence-electron chi connectivity index (χ0n) is 24.4. The number of fused-ring (bicyclic) bond motifs is 1. The average molecular weight is 600 g/mol. The van der Waals surface area contributed by atoms with Gasteiger partial charge in [0.2, 0.25) is 5.95 Å². The van der Waals surface area contributed by atoms with Gasteiger partial charge < -0.3 is 45.5 Å². The predicted molar refractivity (Wildman–Crippen MR) is 154 cm³/mol. The Balaban J connectivity index is 1.36. The summed E-state index contributed by atoms with van der Waals surface area (Å²) in [6.45, 7) is 7.73. The number of carbonyl (C=O) groups excluding carboxylic acids is 1. The molecule has 2 saturated carbocycles. The number of nitrogens with two attached hydrogens (primary N) is 1. The molecule has 43 heavy (non-hydrogen) atoms. The Kier molecular flexibility index (Phi) is 8.92. The second-order valence-corrected chi connectivity index (χ2v) is 12.5. The number of esters is 1. The van der Waals surface area contributed by atoms with Crippen LogP contribution in [0.15, 0.2) is 54.1 Å². The summed E-state index contributed by atoms with van der Waals surface area (Å²) in [5.74, 6) is -0.0880. The van der Waals surface area contributed by atoms with Crippen molar-refractivity contribution < 1.29 is 44.5 Å². The third-order valence-corrected chi connectivity index (χ3v) is 9.88. The zero-order valence-corrected chi connectivity index (χ0v) is 24.4. The number of cyclic esters (lactones) is 1. The number of nitrogen functional groups attached to an aromatic ring is 1. The number of hydrogen-bond donors (Lipinski definition) is 6. The van der Waals surface area contributed by atoms with Crippen LogP contribution < -0.4 is 5.73 Å². The second-order valence-electron chi connectivity index (χ2n) is 12.5. The monoisotopic (exact) mass is 599 g/mol. The van der Waals surface area contributed by atoms with Crippen LogP contribution in [0, 0.1) is 22.7 Å². The molecule has 0 aromatic carbocycles. The maximum atomic E-state index is 12.7. The van der Waals surface area contributed by atoms with E-state index in [1.165, 1.54) is 12.4 Å². The molecule has 12 nitrogen and oxygen atoms in total. The zero-order chi connectivity index (χ0) is 31.1. The molecule has 3 fully saturated rings. The van der Waals surface area contributed by atoms with Gasteiger partial charge in [0, 0.05) is 29.3 Å². The van der Waals surface area contributed by atoms with E-state index in [0.29, 0.717) is 36.2 Å². The van der Waals surface area contributed by atoms with E-state index in [1.54, 1.807) is 18.2 Å². The van der Waals surface area contributed by atoms with Crippen molar-refractivity contribution in [2.45, 2.75) is 76.3 Å². The molecule has 5 rings (SSSR count). The maximum Gasteiger partial charge on any atom is 0.343 e. The van der Waals surface area contributed by atoms with Gasteiger partial charge in [-0.1, -0.05) is 38.2 Å². The van der Waals surface area contributed by atoms with Crippen LogP contribution in [-0.4, -0.2) is 91.5 Å². The molecule has 234 valence electrons. The van der Waals surface area contributed by atoms with E-state index < -0.39 is 54.8 Å². The Morgan fingerprint density at radius 3 is 2.53 bits per heavy atom. The molecule has 7 unspecified atom stereocenters. The molecule has 0 radical (unpaired) electrons. The van der Waals surface area contributed by atoms with Crippen LogP contribution >= 0.6 is 0 Å². The molecule has 3 heterocycles. The lowest BCUT2D eigenvalue weighted by Crippen LogP contribution is -2.63. The van der Waals surface area contributed by atoms with Crippen LogP contribution in [0.5, 0.6) is 0 Å². The van der Waals surface area contributed by atoms with Crippen LogP contribution in [0.1, 0.15) is 45.1 Å². The average Bonchev–Trinajstić information content (AvgIpc) is 3.33. The Morgan fingerprint density at radius 2 is 1.86 bits per heavy atom. The molecule has 7 N–H and O–H groups in total. The number of ether oxygens (including phenoxy) is 3. The van der Waals surface area contributed by atoms with Crippen molar-refractivity contribution in [1.29, 1.82) is 0 Å². The smallest absolute Gasteiger partial charge is 0.343 e. The first-order valence-corrected chi connectivity index (χ1v) is 14.6. The van der Waals surface area contributed by atoms with Gasteiger partial charge in [0.05, 0.1) is 24.9 Å². The Bertz CT molecular complexity index is 1310. The molecule has 0 bridgehead atoms. The molecule has 4 aliphatic rings. The van der Waals surface area contributed by atoms with Gasteiger partial charge in [0.15, 0.2) is 6.29 Å². The summed E-state index contributed by atoms with van der Waals surface area (Å²) >= 11 is 0. The van der Waals surface area contributed by atoms with Crippen molar-refractivity contribution in [3.63, 3.8) is 0 Å². The van der Waals surface area contributed by atoms with Crippen molar-refractivity contribution in [2.75, 3.05) is 18.9 Å². The van der Waals surface area contributed by atoms with Crippen molar-refractivity contribution in [3.8, 4) is 0 Å². The van der Waals surface area contributed by atoms with Crippen LogP contribution in [-0.2, 0) is 19.0 Å². The number of hydrogen-bond acceptors (Lipinski definition) is 12. The number of rotatable bonds is 7. The number of aliphatic hydroxyl groups excluding tert-OH is 5. The molecule has 1 aromatic rings. The van der Waals surface area contributed by atoms with Crippen molar-refractivity contribution in [2.24, 2.45) is 22.7 Å². The van der Waals surface area contributed by atoms with Crippen LogP contribution in [0.2, 0.25) is 0 Å². The summed E-state index contributed by atoms with van der Waals surface area (Å²) in [6.07, 6.45) is 5.33. The first kappa shape index (κ1) is 31.5. The normalized spacial score (nSPS) is 40.9. The molecular formula is C31H41N3O9. The highest BCUT2D eigenvalue weighted by Crippen LogP contribution is 2.62. The quantitative estimate of drug-likeness (QED) is 0.148. The van der Waals surface area contributed by atoms with Gasteiger partial charge in [-0.3, -0.25) is 0 Å². The van der Waals surface area contributed by atoms with Gasteiger partial charge in [-0.15, -0.1) is 0 Å². The predicted octanol–water partition coefficient (Wildman–Crippen LogP) is 1.01. The number of anilines is 1. The minimum Gasteiger partial charge on any atom is -0.423 e. The van der Waals surface area contributed by atoms with Crippen molar-refractivity contribution in [1.82, 2.24) is 9.97 Å². The van der Waals surface area contributed by atoms with E-state index in [9.17, 15) is 30.3 Å². The molecule has 12 heteroatoms. The van der Waals surface area contributed by atoms with E-state index in [4.69, 9.17) is 19.9 Å². The Hall–Kier alpha value is -2.97. The van der Waals surface area contributed by atoms with Gasteiger partial charge in [-0.2, -0.15) is 0 Å². The third kappa shape index (κ3) is 5.80. The summed E-state index contributed by atoms with van der Waals surface area (Å²) < 4.78 is 17.3. The number of aromatic nitrogens is 2. The number of carbonyl (C=O) groups is 1. The number of allylic oxidation sites excluding steroid dienone is 3. The van der Waals surface area contributed by atoms with E-state index >= 15 is 0 Å². The first-order chi connectivity index (χ1) is 20.4. The van der Waals surface area contributed by atoms with Crippen LogP contribution in [0.4, 0.5) is 5.95 Å². The Labute approximate surface area is 250 Å². The standard InChI is InChI=1S/C31H41N3O9/c1-16-4-7-22-30(2,20(16)6-5-18-11-19(41-27(18)40)10-17-12-33-29(32)34-13-17)9-8-23(31(22,3)15-36)43-28-26(39)25(38)24(37)21(14-35)42-28/h5-6,10-13,20-26,28,35-39H,1,4,7-9,14-15H2,2-3H3,(H2,32,33,34)/t20?,21?,22?,23-,24?,25?,26?,28?,30-,31+/m1/s1. The lowest BCUT2D eigenvalue weighted by Gasteiger charge is -2.60. The molecule has 2 aliphatic carbocycles. The lowest BCUT2D eigenvalue weighted by molar-refractivity contribution is -0.329. The topological polar surface area (TPSA) is 198 Å². The molecule has 0 amide bonds. The number of aliphatic hydroxyl groups is 5. The number of nitrogens with zero attached hydrogens (tertiary/aromatic N) is 2. The van der Waals surface area contributed by atoms with Crippen LogP contribution in [0.25, 0.3) is 6.08 Å². The second kappa shape index (κ2) is 12.2. The minimum absolute atomic E-state index is 0.0285. The lowest BCUT2D eigenvalue weighted by atomic mass is 9.46. The van der Waals surface area contributed by atoms with Crippen LogP contribution in [0.3, 0.4) is 0 Å². The highest BCUT2D eigenvalue weighted by molar-refractivity contribution is 5.96. The maximum absolute atomic E-state index is 12.7. The molecular weight excluding hydrogens is 558 g/mol.